The van der Waals surface area contributed by atoms with Crippen molar-refractivity contribution in [3.8, 4) is 0 Å². The van der Waals surface area contributed by atoms with Gasteiger partial charge in [-0.2, -0.15) is 0 Å². The third-order valence-corrected chi connectivity index (χ3v) is 8.54. The van der Waals surface area contributed by atoms with Crippen molar-refractivity contribution in [2.75, 3.05) is 19.6 Å². The van der Waals surface area contributed by atoms with E-state index in [1.807, 2.05) is 60.7 Å². The quantitative estimate of drug-likeness (QED) is 0.680. The predicted octanol–water partition coefficient (Wildman–Crippen LogP) is 4.80. The van der Waals surface area contributed by atoms with Crippen LogP contribution in [0.4, 0.5) is 0 Å². The second kappa shape index (κ2) is 10.4. The van der Waals surface area contributed by atoms with Gasteiger partial charge in [0.1, 0.15) is 0 Å². The fraction of sp³-hybridized carbons (Fsp3) is 0.500. The summed E-state index contributed by atoms with van der Waals surface area (Å²) in [6, 6.07) is 20.1. The summed E-state index contributed by atoms with van der Waals surface area (Å²) in [5.74, 6) is 0.409. The predicted molar refractivity (Wildman–Crippen MR) is 121 cm³/mol. The Morgan fingerprint density at radius 2 is 1.29 bits per heavy atom. The van der Waals surface area contributed by atoms with Crippen molar-refractivity contribution >= 4 is 17.9 Å². The molecule has 152 valence electrons. The zero-order chi connectivity index (χ0) is 19.8. The molecule has 2 aromatic rings. The molecule has 0 spiro atoms. The van der Waals surface area contributed by atoms with Gasteiger partial charge < -0.3 is 4.90 Å². The topological polar surface area (TPSA) is 32.3 Å². The largest absolute Gasteiger partial charge is 0.302 e. The number of hydrogen-bond acceptors (Lipinski definition) is 2. The maximum atomic E-state index is 14.4. The molecule has 1 atom stereocenters. The lowest BCUT2D eigenvalue weighted by molar-refractivity contribution is 0.212. The molecule has 1 aliphatic heterocycles. The maximum Gasteiger partial charge on any atom is 0.204 e. The van der Waals surface area contributed by atoms with Crippen LogP contribution >= 0.6 is 7.29 Å². The zero-order valence-electron chi connectivity index (χ0n) is 17.4. The molecule has 0 aromatic heterocycles. The third kappa shape index (κ3) is 5.56. The molecule has 1 fully saturated rings. The van der Waals surface area contributed by atoms with E-state index in [2.05, 4.69) is 23.8 Å². The monoisotopic (exact) mass is 398 g/mol. The minimum absolute atomic E-state index is 0.186. The van der Waals surface area contributed by atoms with Gasteiger partial charge in [-0.15, -0.1) is 0 Å². The van der Waals surface area contributed by atoms with Gasteiger partial charge in [-0.05, 0) is 56.1 Å². The molecule has 0 aliphatic carbocycles. The van der Waals surface area contributed by atoms with Crippen LogP contribution < -0.4 is 15.7 Å². The molecular weight excluding hydrogens is 363 g/mol. The molecule has 0 amide bonds. The lowest BCUT2D eigenvalue weighted by atomic mass is 10.0. The van der Waals surface area contributed by atoms with Gasteiger partial charge in [0.25, 0.3) is 0 Å². The Balaban J connectivity index is 1.85. The lowest BCUT2D eigenvalue weighted by Gasteiger charge is -2.34. The van der Waals surface area contributed by atoms with Gasteiger partial charge in [-0.25, -0.2) is 0 Å². The number of benzene rings is 2. The summed E-state index contributed by atoms with van der Waals surface area (Å²) >= 11 is 0. The first kappa shape index (κ1) is 21.3. The molecular formula is C24H35N2OP. The molecule has 3 nitrogen and oxygen atoms in total. The van der Waals surface area contributed by atoms with Crippen LogP contribution in [0.3, 0.4) is 0 Å². The highest BCUT2D eigenvalue weighted by Gasteiger charge is 2.32. The summed E-state index contributed by atoms with van der Waals surface area (Å²) in [5.41, 5.74) is 0. The highest BCUT2D eigenvalue weighted by atomic mass is 31.2. The molecule has 28 heavy (non-hydrogen) atoms. The summed E-state index contributed by atoms with van der Waals surface area (Å²) in [4.78, 5) is 2.58. The molecule has 0 saturated carbocycles. The summed E-state index contributed by atoms with van der Waals surface area (Å²) < 4.78 is 14.4. The van der Waals surface area contributed by atoms with Crippen LogP contribution in [0.25, 0.3) is 0 Å². The summed E-state index contributed by atoms with van der Waals surface area (Å²) in [6.07, 6.45) is 6.60. The molecule has 0 bridgehead atoms. The second-order valence-corrected chi connectivity index (χ2v) is 10.8. The lowest BCUT2D eigenvalue weighted by Crippen LogP contribution is -2.46. The van der Waals surface area contributed by atoms with Crippen molar-refractivity contribution in [2.45, 2.75) is 52.0 Å². The highest BCUT2D eigenvalue weighted by Crippen LogP contribution is 2.40. The Kier molecular flexibility index (Phi) is 7.91. The van der Waals surface area contributed by atoms with Crippen molar-refractivity contribution in [3.63, 3.8) is 0 Å². The van der Waals surface area contributed by atoms with E-state index in [1.54, 1.807) is 0 Å². The van der Waals surface area contributed by atoms with Gasteiger partial charge in [0.2, 0.25) is 7.29 Å². The Bertz CT molecular complexity index is 696. The SMILES string of the molecule is CC(C)[C@H](CN1CCCCCCC1)NP(=O)(c1ccccc1)c1ccccc1. The number of likely N-dealkylation sites (tertiary alicyclic amines) is 1. The average molecular weight is 399 g/mol. The summed E-state index contributed by atoms with van der Waals surface area (Å²) in [5, 5.41) is 5.44. The first-order valence-corrected chi connectivity index (χ1v) is 12.5. The van der Waals surface area contributed by atoms with E-state index in [-0.39, 0.29) is 6.04 Å². The molecule has 0 radical (unpaired) electrons. The fourth-order valence-corrected chi connectivity index (χ4v) is 6.61. The molecule has 1 N–H and O–H groups in total. The smallest absolute Gasteiger partial charge is 0.204 e. The van der Waals surface area contributed by atoms with Gasteiger partial charge in [-0.1, -0.05) is 69.5 Å². The second-order valence-electron chi connectivity index (χ2n) is 8.33. The van der Waals surface area contributed by atoms with Crippen molar-refractivity contribution in [2.24, 2.45) is 5.92 Å². The van der Waals surface area contributed by atoms with Gasteiger partial charge in [0.05, 0.1) is 0 Å². The fourth-order valence-electron chi connectivity index (χ4n) is 3.98. The molecule has 3 rings (SSSR count). The van der Waals surface area contributed by atoms with Gasteiger partial charge in [0.15, 0.2) is 0 Å². The Morgan fingerprint density at radius 3 is 1.75 bits per heavy atom. The normalized spacial score (nSPS) is 17.8. The number of rotatable bonds is 7. The molecule has 4 heteroatoms. The molecule has 1 heterocycles. The highest BCUT2D eigenvalue weighted by molar-refractivity contribution is 7.76. The standard InChI is InChI=1S/C24H35N2OP/c1-21(2)24(20-26-18-12-4-3-5-13-19-26)25-28(27,22-14-8-6-9-15-22)23-16-10-7-11-17-23/h6-11,14-17,21,24H,3-5,12-13,18-20H2,1-2H3,(H,25,27)/t24-/m0/s1. The zero-order valence-corrected chi connectivity index (χ0v) is 18.3. The van der Waals surface area contributed by atoms with Crippen LogP contribution in [-0.2, 0) is 4.57 Å². The van der Waals surface area contributed by atoms with Crippen molar-refractivity contribution in [1.29, 1.82) is 0 Å². The van der Waals surface area contributed by atoms with E-state index in [4.69, 9.17) is 0 Å². The molecule has 1 saturated heterocycles. The van der Waals surface area contributed by atoms with Crippen LogP contribution in [-0.4, -0.2) is 30.6 Å². The number of hydrogen-bond donors (Lipinski definition) is 1. The van der Waals surface area contributed by atoms with Crippen molar-refractivity contribution in [1.82, 2.24) is 9.99 Å². The van der Waals surface area contributed by atoms with Crippen LogP contribution in [0, 0.1) is 5.92 Å². The first-order chi connectivity index (χ1) is 13.6. The van der Waals surface area contributed by atoms with Crippen LogP contribution in [0.15, 0.2) is 60.7 Å². The van der Waals surface area contributed by atoms with Gasteiger partial charge in [-0.3, -0.25) is 9.65 Å². The van der Waals surface area contributed by atoms with Crippen molar-refractivity contribution in [3.05, 3.63) is 60.7 Å². The molecule has 0 unspecified atom stereocenters. The van der Waals surface area contributed by atoms with Crippen LogP contribution in [0.5, 0.6) is 0 Å². The van der Waals surface area contributed by atoms with E-state index >= 15 is 0 Å². The number of nitrogens with zero attached hydrogens (tertiary/aromatic N) is 1. The Hall–Kier alpha value is -1.41. The van der Waals surface area contributed by atoms with Gasteiger partial charge in [0, 0.05) is 23.2 Å². The van der Waals surface area contributed by atoms with E-state index in [0.29, 0.717) is 5.92 Å². The third-order valence-electron chi connectivity index (χ3n) is 5.80. The first-order valence-electron chi connectivity index (χ1n) is 10.8. The van der Waals surface area contributed by atoms with Crippen molar-refractivity contribution < 1.29 is 4.57 Å². The Morgan fingerprint density at radius 1 is 0.821 bits per heavy atom. The summed E-state index contributed by atoms with van der Waals surface area (Å²) in [6.45, 7) is 7.75. The maximum absolute atomic E-state index is 14.4. The molecule has 1 aliphatic rings. The van der Waals surface area contributed by atoms with Crippen LogP contribution in [0.1, 0.15) is 46.0 Å². The average Bonchev–Trinajstić information content (AvgIpc) is 2.70. The van der Waals surface area contributed by atoms with E-state index < -0.39 is 7.29 Å². The minimum Gasteiger partial charge on any atom is -0.302 e. The minimum atomic E-state index is -2.90. The Labute approximate surface area is 171 Å². The molecule has 2 aromatic carbocycles. The summed E-state index contributed by atoms with van der Waals surface area (Å²) in [7, 11) is -2.90. The van der Waals surface area contributed by atoms with Gasteiger partial charge >= 0.3 is 0 Å². The van der Waals surface area contributed by atoms with E-state index in [1.165, 1.54) is 32.1 Å². The van der Waals surface area contributed by atoms with E-state index in [0.717, 1.165) is 30.2 Å². The number of nitrogens with one attached hydrogen (secondary N) is 1. The van der Waals surface area contributed by atoms with E-state index in [9.17, 15) is 4.57 Å². The van der Waals surface area contributed by atoms with Crippen LogP contribution in [0.2, 0.25) is 0 Å².